The zero-order valence-electron chi connectivity index (χ0n) is 29.5. The second-order valence-corrected chi connectivity index (χ2v) is 14.3. The van der Waals surface area contributed by atoms with Crippen molar-refractivity contribution in [3.63, 3.8) is 0 Å². The van der Waals surface area contributed by atoms with Gasteiger partial charge in [-0.25, -0.2) is 14.8 Å². The number of likely N-dealkylation sites (tertiary alicyclic amines) is 1. The molecule has 2 aliphatic heterocycles. The number of esters is 1. The number of aromatic nitrogens is 2. The number of carbonyl (C=O) groups is 3. The number of nitrogens with one attached hydrogen (secondary N) is 1. The summed E-state index contributed by atoms with van der Waals surface area (Å²) in [6, 6.07) is 16.2. The lowest BCUT2D eigenvalue weighted by Gasteiger charge is -2.39. The molecule has 0 spiro atoms. The average Bonchev–Trinajstić information content (AvgIpc) is 3.14. The van der Waals surface area contributed by atoms with Gasteiger partial charge >= 0.3 is 12.1 Å². The van der Waals surface area contributed by atoms with Crippen molar-refractivity contribution >= 4 is 23.7 Å². The normalized spacial score (nSPS) is 20.4. The van der Waals surface area contributed by atoms with Crippen molar-refractivity contribution in [2.45, 2.75) is 77.4 Å². The Morgan fingerprint density at radius 2 is 1.52 bits per heavy atom. The average molecular weight is 682 g/mol. The summed E-state index contributed by atoms with van der Waals surface area (Å²) < 4.78 is 10.2. The molecule has 2 amide bonds. The summed E-state index contributed by atoms with van der Waals surface area (Å²) in [5.41, 5.74) is 3.65. The number of piperidine rings is 1. The van der Waals surface area contributed by atoms with E-state index in [1.807, 2.05) is 67.0 Å². The van der Waals surface area contributed by atoms with Gasteiger partial charge in [0.2, 0.25) is 5.91 Å². The molecule has 3 heterocycles. The molecule has 1 N–H and O–H groups in total. The van der Waals surface area contributed by atoms with Gasteiger partial charge in [0, 0.05) is 38.2 Å². The standard InChI is InChI=1S/C40H51N5O5/c1-3-7-28-10-14-31(15-11-28)32-18-20-44(21-19-32)35-23-41-37(42-24-35)33-16-12-29(13-17-33)22-36(38(46)45-25-34(26-45)39(47)49-2)43-40(48)50-27-30-8-5-4-6-9-30/h4-6,8-9,12-13,16-17,23-24,28,31-32,34,36H,3,7,10-11,14-15,18-22,25-27H2,1-2H3,(H,43,48). The van der Waals surface area contributed by atoms with Crippen LogP contribution >= 0.6 is 0 Å². The minimum absolute atomic E-state index is 0.0908. The van der Waals surface area contributed by atoms with Crippen molar-refractivity contribution in [2.24, 2.45) is 23.7 Å². The van der Waals surface area contributed by atoms with Gasteiger partial charge in [-0.2, -0.15) is 0 Å². The van der Waals surface area contributed by atoms with Gasteiger partial charge in [-0.05, 0) is 54.6 Å². The predicted octanol–water partition coefficient (Wildman–Crippen LogP) is 6.44. The molecule has 3 aromatic rings. The van der Waals surface area contributed by atoms with Gasteiger partial charge in [-0.3, -0.25) is 9.59 Å². The molecule has 10 heteroatoms. The first-order valence-corrected chi connectivity index (χ1v) is 18.4. The predicted molar refractivity (Wildman–Crippen MR) is 192 cm³/mol. The zero-order chi connectivity index (χ0) is 34.9. The van der Waals surface area contributed by atoms with Crippen LogP contribution in [0.1, 0.15) is 69.4 Å². The van der Waals surface area contributed by atoms with E-state index >= 15 is 0 Å². The third-order valence-electron chi connectivity index (χ3n) is 11.0. The number of hydrogen-bond acceptors (Lipinski definition) is 8. The van der Waals surface area contributed by atoms with Gasteiger partial charge in [0.1, 0.15) is 12.6 Å². The van der Waals surface area contributed by atoms with Crippen molar-refractivity contribution in [3.8, 4) is 11.4 Å². The largest absolute Gasteiger partial charge is 0.469 e. The second kappa shape index (κ2) is 17.0. The fourth-order valence-corrected chi connectivity index (χ4v) is 7.95. The van der Waals surface area contributed by atoms with E-state index in [0.29, 0.717) is 5.82 Å². The molecule has 2 aromatic carbocycles. The van der Waals surface area contributed by atoms with E-state index in [0.717, 1.165) is 53.2 Å². The van der Waals surface area contributed by atoms with Crippen LogP contribution in [0.3, 0.4) is 0 Å². The maximum absolute atomic E-state index is 13.5. The third-order valence-corrected chi connectivity index (χ3v) is 11.0. The zero-order valence-corrected chi connectivity index (χ0v) is 29.5. The number of anilines is 1. The van der Waals surface area contributed by atoms with E-state index in [1.165, 1.54) is 58.5 Å². The highest BCUT2D eigenvalue weighted by molar-refractivity contribution is 5.88. The molecule has 1 aliphatic carbocycles. The van der Waals surface area contributed by atoms with Gasteiger partial charge < -0.3 is 24.6 Å². The Bertz CT molecular complexity index is 1550. The summed E-state index contributed by atoms with van der Waals surface area (Å²) in [5, 5.41) is 2.76. The van der Waals surface area contributed by atoms with Crippen molar-refractivity contribution < 1.29 is 23.9 Å². The minimum atomic E-state index is -0.863. The van der Waals surface area contributed by atoms with Gasteiger partial charge in [0.05, 0.1) is 31.1 Å². The summed E-state index contributed by atoms with van der Waals surface area (Å²) in [4.78, 5) is 51.5. The topological polar surface area (TPSA) is 114 Å². The van der Waals surface area contributed by atoms with Crippen LogP contribution in [0.25, 0.3) is 11.4 Å². The smallest absolute Gasteiger partial charge is 0.408 e. The molecule has 3 fully saturated rings. The van der Waals surface area contributed by atoms with E-state index in [4.69, 9.17) is 19.4 Å². The number of alkyl carbamates (subject to hydrolysis) is 1. The molecule has 266 valence electrons. The molecule has 6 rings (SSSR count). The Labute approximate surface area is 296 Å². The van der Waals surface area contributed by atoms with Gasteiger partial charge in [-0.1, -0.05) is 87.2 Å². The van der Waals surface area contributed by atoms with Crippen LogP contribution in [0, 0.1) is 23.7 Å². The van der Waals surface area contributed by atoms with Crippen LogP contribution in [0.4, 0.5) is 10.5 Å². The van der Waals surface area contributed by atoms with Crippen molar-refractivity contribution in [1.82, 2.24) is 20.2 Å². The number of amides is 2. The van der Waals surface area contributed by atoms with Crippen LogP contribution in [0.15, 0.2) is 67.0 Å². The highest BCUT2D eigenvalue weighted by Gasteiger charge is 2.39. The highest BCUT2D eigenvalue weighted by Crippen LogP contribution is 2.39. The van der Waals surface area contributed by atoms with E-state index in [-0.39, 0.29) is 43.9 Å². The summed E-state index contributed by atoms with van der Waals surface area (Å²) in [6.07, 6.45) is 14.3. The van der Waals surface area contributed by atoms with Crippen LogP contribution < -0.4 is 10.2 Å². The molecule has 3 aliphatic rings. The first kappa shape index (κ1) is 35.4. The van der Waals surface area contributed by atoms with Crippen molar-refractivity contribution in [1.29, 1.82) is 0 Å². The lowest BCUT2D eigenvalue weighted by atomic mass is 9.72. The lowest BCUT2D eigenvalue weighted by molar-refractivity contribution is -0.156. The summed E-state index contributed by atoms with van der Waals surface area (Å²) in [7, 11) is 1.34. The first-order valence-electron chi connectivity index (χ1n) is 18.4. The van der Waals surface area contributed by atoms with Crippen LogP contribution in [0.5, 0.6) is 0 Å². The summed E-state index contributed by atoms with van der Waals surface area (Å²) >= 11 is 0. The molecule has 50 heavy (non-hydrogen) atoms. The van der Waals surface area contributed by atoms with Crippen LogP contribution in [-0.4, -0.2) is 72.2 Å². The van der Waals surface area contributed by atoms with Crippen LogP contribution in [0.2, 0.25) is 0 Å². The molecule has 1 saturated carbocycles. The van der Waals surface area contributed by atoms with E-state index < -0.39 is 12.1 Å². The number of ether oxygens (including phenoxy) is 2. The molecular weight excluding hydrogens is 630 g/mol. The summed E-state index contributed by atoms with van der Waals surface area (Å²) in [6.45, 7) is 5.04. The molecule has 1 atom stereocenters. The molecule has 1 unspecified atom stereocenters. The summed E-state index contributed by atoms with van der Waals surface area (Å²) in [5.74, 6) is 2.39. The lowest BCUT2D eigenvalue weighted by Crippen LogP contribution is -2.59. The Balaban J connectivity index is 1.03. The number of nitrogens with zero attached hydrogens (tertiary/aromatic N) is 4. The Morgan fingerprint density at radius 3 is 2.16 bits per heavy atom. The van der Waals surface area contributed by atoms with Gasteiger partial charge in [-0.15, -0.1) is 0 Å². The van der Waals surface area contributed by atoms with Crippen molar-refractivity contribution in [2.75, 3.05) is 38.2 Å². The monoisotopic (exact) mass is 681 g/mol. The SMILES string of the molecule is CCCC1CCC(C2CCN(c3cnc(-c4ccc(CC(NC(=O)OCc5ccccc5)C(=O)N5CC(C(=O)OC)C5)cc4)nc3)CC2)CC1. The number of carbonyl (C=O) groups excluding carboxylic acids is 3. The quantitative estimate of drug-likeness (QED) is 0.218. The van der Waals surface area contributed by atoms with Crippen molar-refractivity contribution in [3.05, 3.63) is 78.1 Å². The Hall–Kier alpha value is -4.47. The minimum Gasteiger partial charge on any atom is -0.469 e. The second-order valence-electron chi connectivity index (χ2n) is 14.3. The fourth-order valence-electron chi connectivity index (χ4n) is 7.95. The first-order chi connectivity index (χ1) is 24.4. The molecule has 10 nitrogen and oxygen atoms in total. The maximum atomic E-state index is 13.5. The highest BCUT2D eigenvalue weighted by atomic mass is 16.5. The molecule has 0 radical (unpaired) electrons. The third kappa shape index (κ3) is 9.00. The molecule has 1 aromatic heterocycles. The maximum Gasteiger partial charge on any atom is 0.408 e. The molecular formula is C40H51N5O5. The molecule has 2 saturated heterocycles. The van der Waals surface area contributed by atoms with Crippen LogP contribution in [-0.2, 0) is 32.1 Å². The van der Waals surface area contributed by atoms with E-state index in [2.05, 4.69) is 17.1 Å². The van der Waals surface area contributed by atoms with Gasteiger partial charge in [0.25, 0.3) is 0 Å². The van der Waals surface area contributed by atoms with E-state index in [1.54, 1.807) is 4.90 Å². The van der Waals surface area contributed by atoms with Gasteiger partial charge in [0.15, 0.2) is 5.82 Å². The number of hydrogen-bond donors (Lipinski definition) is 1. The fraction of sp³-hybridized carbons (Fsp3) is 0.525. The molecule has 0 bridgehead atoms. The number of benzene rings is 2. The Morgan fingerprint density at radius 1 is 0.860 bits per heavy atom. The Kier molecular flexibility index (Phi) is 12.0. The number of methoxy groups -OCH3 is 1. The van der Waals surface area contributed by atoms with E-state index in [9.17, 15) is 14.4 Å². The number of rotatable bonds is 12.